The van der Waals surface area contributed by atoms with E-state index in [2.05, 4.69) is 10.3 Å². The highest BCUT2D eigenvalue weighted by atomic mass is 19.4. The Kier molecular flexibility index (Phi) is 7.50. The molecule has 1 aromatic carbocycles. The van der Waals surface area contributed by atoms with Crippen LogP contribution in [0, 0.1) is 0 Å². The summed E-state index contributed by atoms with van der Waals surface area (Å²) in [6, 6.07) is 10.8. The van der Waals surface area contributed by atoms with Crippen molar-refractivity contribution in [2.75, 3.05) is 13.7 Å². The number of carbonyl (C=O) groups is 2. The van der Waals surface area contributed by atoms with Crippen LogP contribution in [0.2, 0.25) is 0 Å². The Morgan fingerprint density at radius 3 is 2.22 bits per heavy atom. The van der Waals surface area contributed by atoms with Gasteiger partial charge in [-0.15, -0.1) is 0 Å². The van der Waals surface area contributed by atoms with E-state index in [9.17, 15) is 27.9 Å². The van der Waals surface area contributed by atoms with E-state index in [-0.39, 0.29) is 23.6 Å². The molecule has 2 saturated carbocycles. The molecule has 0 radical (unpaired) electrons. The Morgan fingerprint density at radius 1 is 1.08 bits per heavy atom. The van der Waals surface area contributed by atoms with Crippen molar-refractivity contribution in [2.24, 2.45) is 0 Å². The van der Waals surface area contributed by atoms with Crippen molar-refractivity contribution in [1.29, 1.82) is 0 Å². The highest BCUT2D eigenvalue weighted by Crippen LogP contribution is 2.43. The van der Waals surface area contributed by atoms with Crippen LogP contribution in [0.1, 0.15) is 67.1 Å². The van der Waals surface area contributed by atoms with Gasteiger partial charge < -0.3 is 20.1 Å². The zero-order chi connectivity index (χ0) is 26.8. The zero-order valence-corrected chi connectivity index (χ0v) is 20.9. The van der Waals surface area contributed by atoms with Gasteiger partial charge >= 0.3 is 12.3 Å². The van der Waals surface area contributed by atoms with Crippen LogP contribution in [0.5, 0.6) is 0 Å². The highest BCUT2D eigenvalue weighted by Gasteiger charge is 2.51. The minimum absolute atomic E-state index is 0.0343. The number of nitrogens with zero attached hydrogens (tertiary/aromatic N) is 2. The second-order valence-electron chi connectivity index (χ2n) is 10.2. The molecule has 4 rings (SSSR count). The summed E-state index contributed by atoms with van der Waals surface area (Å²) in [4.78, 5) is 31.8. The molecule has 37 heavy (non-hydrogen) atoms. The Labute approximate surface area is 214 Å². The van der Waals surface area contributed by atoms with Crippen molar-refractivity contribution >= 4 is 12.0 Å². The van der Waals surface area contributed by atoms with Crippen molar-refractivity contribution in [3.8, 4) is 0 Å². The van der Waals surface area contributed by atoms with Crippen molar-refractivity contribution in [1.82, 2.24) is 15.2 Å². The topological polar surface area (TPSA) is 91.8 Å². The van der Waals surface area contributed by atoms with Crippen molar-refractivity contribution < 1.29 is 32.6 Å². The summed E-state index contributed by atoms with van der Waals surface area (Å²) in [7, 11) is 1.31. The van der Waals surface area contributed by atoms with Gasteiger partial charge in [0.15, 0.2) is 5.60 Å². The van der Waals surface area contributed by atoms with E-state index in [0.29, 0.717) is 44.7 Å². The first-order valence-electron chi connectivity index (χ1n) is 12.4. The smallest absolute Gasteiger partial charge is 0.421 e. The molecule has 0 saturated heterocycles. The molecule has 10 heteroatoms. The normalized spacial score (nSPS) is 23.6. The largest absolute Gasteiger partial charge is 0.453 e. The van der Waals surface area contributed by atoms with Gasteiger partial charge in [-0.3, -0.25) is 9.78 Å². The average molecular weight is 520 g/mol. The standard InChI is InChI=1S/C27H32F3N3O4/c1-25(36,27(28,29)30)19-8-6-18(7-9-19)23(34)33(20-10-11-20)21-12-14-26(15-13-21,17-32-24(35)37-2)22-5-3-4-16-31-22/h3-9,16,20-21,36H,10-15,17H2,1-2H3,(H,32,35)/t21?,25-,26?/m0/s1. The number of carbonyl (C=O) groups excluding carboxylic acids is 2. The highest BCUT2D eigenvalue weighted by molar-refractivity contribution is 5.95. The number of rotatable bonds is 7. The molecule has 2 N–H and O–H groups in total. The number of halogens is 3. The maximum atomic E-state index is 13.5. The van der Waals surface area contributed by atoms with Gasteiger partial charge in [0, 0.05) is 41.5 Å². The minimum atomic E-state index is -4.83. The first-order chi connectivity index (χ1) is 17.5. The molecule has 0 unspecified atom stereocenters. The van der Waals surface area contributed by atoms with Crippen LogP contribution < -0.4 is 5.32 Å². The van der Waals surface area contributed by atoms with E-state index in [1.54, 1.807) is 6.20 Å². The predicted molar refractivity (Wildman–Crippen MR) is 130 cm³/mol. The molecule has 1 heterocycles. The quantitative estimate of drug-likeness (QED) is 0.554. The maximum Gasteiger partial charge on any atom is 0.421 e. The molecule has 7 nitrogen and oxygen atoms in total. The van der Waals surface area contributed by atoms with Gasteiger partial charge in [0.2, 0.25) is 0 Å². The predicted octanol–water partition coefficient (Wildman–Crippen LogP) is 4.69. The fourth-order valence-electron chi connectivity index (χ4n) is 5.18. The number of aromatic nitrogens is 1. The molecular formula is C27H32F3N3O4. The minimum Gasteiger partial charge on any atom is -0.453 e. The second kappa shape index (κ2) is 10.3. The molecule has 2 aromatic rings. The van der Waals surface area contributed by atoms with Gasteiger partial charge in [0.25, 0.3) is 5.91 Å². The van der Waals surface area contributed by atoms with Crippen LogP contribution in [-0.4, -0.2) is 58.9 Å². The Hall–Kier alpha value is -3.14. The second-order valence-corrected chi connectivity index (χ2v) is 10.2. The first kappa shape index (κ1) is 26.9. The number of pyridine rings is 1. The molecule has 200 valence electrons. The van der Waals surface area contributed by atoms with Crippen molar-refractivity contribution in [3.05, 3.63) is 65.5 Å². The summed E-state index contributed by atoms with van der Waals surface area (Å²) >= 11 is 0. The Balaban J connectivity index is 1.51. The van der Waals surface area contributed by atoms with Crippen LogP contribution >= 0.6 is 0 Å². The lowest BCUT2D eigenvalue weighted by molar-refractivity contribution is -0.258. The Bertz CT molecular complexity index is 1090. The number of methoxy groups -OCH3 is 1. The summed E-state index contributed by atoms with van der Waals surface area (Å²) < 4.78 is 44.4. The summed E-state index contributed by atoms with van der Waals surface area (Å²) in [5, 5.41) is 12.8. The van der Waals surface area contributed by atoms with Gasteiger partial charge in [0.1, 0.15) is 0 Å². The third-order valence-electron chi connectivity index (χ3n) is 7.69. The van der Waals surface area contributed by atoms with Crippen molar-refractivity contribution in [3.63, 3.8) is 0 Å². The fraction of sp³-hybridized carbons (Fsp3) is 0.519. The molecule has 2 aliphatic carbocycles. The van der Waals surface area contributed by atoms with Gasteiger partial charge in [-0.1, -0.05) is 18.2 Å². The molecule has 1 atom stereocenters. The molecular weight excluding hydrogens is 487 g/mol. The van der Waals surface area contributed by atoms with Gasteiger partial charge in [-0.2, -0.15) is 13.2 Å². The zero-order valence-electron chi connectivity index (χ0n) is 20.9. The van der Waals surface area contributed by atoms with E-state index < -0.39 is 23.3 Å². The molecule has 0 bridgehead atoms. The van der Waals surface area contributed by atoms with E-state index in [4.69, 9.17) is 4.74 Å². The fourth-order valence-corrected chi connectivity index (χ4v) is 5.18. The van der Waals surface area contributed by atoms with Crippen LogP contribution in [-0.2, 0) is 15.8 Å². The Morgan fingerprint density at radius 2 is 1.70 bits per heavy atom. The number of hydrogen-bond acceptors (Lipinski definition) is 5. The lowest BCUT2D eigenvalue weighted by atomic mass is 9.69. The number of ether oxygens (including phenoxy) is 1. The number of alkyl carbamates (subject to hydrolysis) is 1. The summed E-state index contributed by atoms with van der Waals surface area (Å²) in [6.07, 6.45) is 0.942. The number of aliphatic hydroxyl groups is 1. The molecule has 2 aliphatic rings. The first-order valence-corrected chi connectivity index (χ1v) is 12.4. The lowest BCUT2D eigenvalue weighted by Gasteiger charge is -2.43. The van der Waals surface area contributed by atoms with Crippen molar-refractivity contribution in [2.45, 2.75) is 74.7 Å². The monoisotopic (exact) mass is 519 g/mol. The van der Waals surface area contributed by atoms with E-state index in [1.165, 1.54) is 19.2 Å². The van der Waals surface area contributed by atoms with E-state index in [1.807, 2.05) is 23.1 Å². The number of nitrogens with one attached hydrogen (secondary N) is 1. The SMILES string of the molecule is COC(=O)NCC1(c2ccccn2)CCC(N(C(=O)c2ccc([C@](C)(O)C(F)(F)F)cc2)C2CC2)CC1. The van der Waals surface area contributed by atoms with Crippen LogP contribution in [0.4, 0.5) is 18.0 Å². The summed E-state index contributed by atoms with van der Waals surface area (Å²) in [5.74, 6) is -0.219. The van der Waals surface area contributed by atoms with E-state index in [0.717, 1.165) is 30.7 Å². The maximum absolute atomic E-state index is 13.5. The number of amides is 2. The van der Waals surface area contributed by atoms with Gasteiger partial charge in [-0.05, 0) is 75.3 Å². The van der Waals surface area contributed by atoms with Gasteiger partial charge in [0.05, 0.1) is 7.11 Å². The summed E-state index contributed by atoms with van der Waals surface area (Å²) in [5.41, 5.74) is -2.54. The van der Waals surface area contributed by atoms with E-state index >= 15 is 0 Å². The lowest BCUT2D eigenvalue weighted by Crippen LogP contribution is -2.50. The van der Waals surface area contributed by atoms with Crippen LogP contribution in [0.3, 0.4) is 0 Å². The third-order valence-corrected chi connectivity index (χ3v) is 7.69. The van der Waals surface area contributed by atoms with Crippen LogP contribution in [0.15, 0.2) is 48.7 Å². The van der Waals surface area contributed by atoms with Crippen LogP contribution in [0.25, 0.3) is 0 Å². The third kappa shape index (κ3) is 5.58. The molecule has 0 spiro atoms. The summed E-state index contributed by atoms with van der Waals surface area (Å²) in [6.45, 7) is 1.06. The number of benzene rings is 1. The molecule has 2 fully saturated rings. The average Bonchev–Trinajstić information content (AvgIpc) is 3.73. The molecule has 1 aromatic heterocycles. The van der Waals surface area contributed by atoms with Gasteiger partial charge in [-0.25, -0.2) is 4.79 Å². The number of hydrogen-bond donors (Lipinski definition) is 2. The molecule has 0 aliphatic heterocycles. The number of alkyl halides is 3. The molecule has 2 amide bonds.